The third kappa shape index (κ3) is 4.01. The summed E-state index contributed by atoms with van der Waals surface area (Å²) in [5.41, 5.74) is 8.91. The minimum Gasteiger partial charge on any atom is -0.456 e. The van der Waals surface area contributed by atoms with Gasteiger partial charge < -0.3 is 8.83 Å². The molecule has 0 fully saturated rings. The van der Waals surface area contributed by atoms with Crippen molar-refractivity contribution in [3.8, 4) is 22.4 Å². The van der Waals surface area contributed by atoms with E-state index >= 15 is 0 Å². The van der Waals surface area contributed by atoms with Gasteiger partial charge in [-0.25, -0.2) is 4.57 Å². The van der Waals surface area contributed by atoms with Crippen LogP contribution in [0.4, 0.5) is 0 Å². The highest BCUT2D eigenvalue weighted by atomic mass is 16.3. The van der Waals surface area contributed by atoms with Gasteiger partial charge in [0.15, 0.2) is 6.20 Å². The van der Waals surface area contributed by atoms with Crippen LogP contribution >= 0.6 is 0 Å². The van der Waals surface area contributed by atoms with Gasteiger partial charge >= 0.3 is 0 Å². The smallest absolute Gasteiger partial charge is 0.216 e. The van der Waals surface area contributed by atoms with Crippen LogP contribution in [0.15, 0.2) is 100.0 Å². The summed E-state index contributed by atoms with van der Waals surface area (Å²) >= 11 is 0. The van der Waals surface area contributed by atoms with E-state index in [1.807, 2.05) is 69.3 Å². The van der Waals surface area contributed by atoms with Crippen LogP contribution in [0.5, 0.6) is 0 Å². The van der Waals surface area contributed by atoms with Crippen molar-refractivity contribution in [2.24, 2.45) is 12.5 Å². The van der Waals surface area contributed by atoms with Crippen LogP contribution in [0.25, 0.3) is 66.3 Å². The second kappa shape index (κ2) is 8.57. The Hall–Kier alpha value is -4.37. The third-order valence-electron chi connectivity index (χ3n) is 7.49. The minimum atomic E-state index is -1.43. The molecule has 0 atom stereocenters. The lowest BCUT2D eigenvalue weighted by atomic mass is 9.87. The average Bonchev–Trinajstić information content (AvgIpc) is 3.49. The quantitative estimate of drug-likeness (QED) is 0.221. The van der Waals surface area contributed by atoms with Gasteiger partial charge in [-0.1, -0.05) is 75.4 Å². The molecule has 3 heteroatoms. The molecule has 0 unspecified atom stereocenters. The number of hydrogen-bond donors (Lipinski definition) is 0. The van der Waals surface area contributed by atoms with Crippen molar-refractivity contribution in [2.75, 3.05) is 0 Å². The molecule has 0 saturated carbocycles. The molecule has 0 bridgehead atoms. The number of pyridine rings is 1. The topological polar surface area (TPSA) is 30.2 Å². The highest BCUT2D eigenvalue weighted by Gasteiger charge is 2.22. The molecule has 0 aliphatic rings. The molecule has 0 aliphatic carbocycles. The summed E-state index contributed by atoms with van der Waals surface area (Å²) < 4.78 is 32.1. The lowest BCUT2D eigenvalue weighted by Gasteiger charge is -2.18. The second-order valence-corrected chi connectivity index (χ2v) is 11.5. The van der Waals surface area contributed by atoms with Gasteiger partial charge in [0.25, 0.3) is 0 Å². The molecule has 0 N–H and O–H groups in total. The first-order valence-corrected chi connectivity index (χ1v) is 13.4. The van der Waals surface area contributed by atoms with Crippen molar-refractivity contribution in [2.45, 2.75) is 34.1 Å². The third-order valence-corrected chi connectivity index (χ3v) is 7.49. The molecule has 7 rings (SSSR count). The van der Waals surface area contributed by atoms with E-state index in [9.17, 15) is 0 Å². The summed E-state index contributed by atoms with van der Waals surface area (Å²) in [6, 6.07) is 28.8. The second-order valence-electron chi connectivity index (χ2n) is 11.5. The number of rotatable bonds is 3. The molecule has 0 amide bonds. The van der Waals surface area contributed by atoms with Crippen LogP contribution in [-0.4, -0.2) is 0 Å². The minimum absolute atomic E-state index is 0.499. The van der Waals surface area contributed by atoms with Gasteiger partial charge in [0.05, 0.1) is 5.56 Å². The normalized spacial score (nSPS) is 13.5. The molecule has 3 nitrogen and oxygen atoms in total. The molecular formula is C36H32NO2+. The number of nitrogens with zero attached hydrogens (tertiary/aromatic N) is 1. The first kappa shape index (κ1) is 21.6. The maximum absolute atomic E-state index is 8.64. The number of fused-ring (bicyclic) bond motifs is 6. The molecule has 0 saturated heterocycles. The zero-order valence-electron chi connectivity index (χ0n) is 24.9. The standard InChI is InChI=1S/C36H32NO2/c1-22-10-15-27-29-19-28-26-8-6-7-9-31(26)38-32(28)20-33(29)39-35(27)34(22)30-18-25(16-17-37(30)5)24-13-11-23(12-14-24)21-36(2,3)4/h6-20H,21H2,1-5H3/q+1/i21D2. The largest absolute Gasteiger partial charge is 0.456 e. The lowest BCUT2D eigenvalue weighted by molar-refractivity contribution is -0.660. The molecule has 3 heterocycles. The van der Waals surface area contributed by atoms with Crippen LogP contribution < -0.4 is 4.57 Å². The van der Waals surface area contributed by atoms with Gasteiger partial charge in [0, 0.05) is 42.5 Å². The summed E-state index contributed by atoms with van der Waals surface area (Å²) in [5, 5.41) is 4.34. The maximum Gasteiger partial charge on any atom is 0.216 e. The zero-order chi connectivity index (χ0) is 28.7. The van der Waals surface area contributed by atoms with Crippen LogP contribution in [0, 0.1) is 12.3 Å². The molecule has 3 aromatic heterocycles. The zero-order valence-corrected chi connectivity index (χ0v) is 22.9. The predicted octanol–water partition coefficient (Wildman–Crippen LogP) is 9.54. The Balaban J connectivity index is 1.38. The summed E-state index contributed by atoms with van der Waals surface area (Å²) in [7, 11) is 2.06. The maximum atomic E-state index is 8.64. The van der Waals surface area contributed by atoms with Crippen molar-refractivity contribution < 1.29 is 16.1 Å². The van der Waals surface area contributed by atoms with E-state index in [1.54, 1.807) is 0 Å². The van der Waals surface area contributed by atoms with Crippen LogP contribution in [0.3, 0.4) is 0 Å². The van der Waals surface area contributed by atoms with E-state index in [2.05, 4.69) is 61.1 Å². The Bertz CT molecular complexity index is 2130. The fourth-order valence-electron chi connectivity index (χ4n) is 5.65. The Morgan fingerprint density at radius 2 is 1.46 bits per heavy atom. The van der Waals surface area contributed by atoms with Crippen molar-refractivity contribution in [1.29, 1.82) is 0 Å². The summed E-state index contributed by atoms with van der Waals surface area (Å²) in [6.45, 7) is 7.93. The number of aromatic nitrogens is 1. The SMILES string of the molecule is [2H]C([2H])(c1ccc(-c2cc[n+](C)c(-c3c(C)ccc4c3oc3cc5oc6ccccc6c5cc34)c2)cc1)C(C)(C)C. The molecule has 7 aromatic rings. The van der Waals surface area contributed by atoms with E-state index in [4.69, 9.17) is 11.6 Å². The first-order chi connectivity index (χ1) is 19.5. The lowest BCUT2D eigenvalue weighted by Crippen LogP contribution is -2.30. The Morgan fingerprint density at radius 1 is 0.718 bits per heavy atom. The van der Waals surface area contributed by atoms with E-state index in [0.717, 1.165) is 71.8 Å². The van der Waals surface area contributed by atoms with Crippen molar-refractivity contribution in [3.63, 3.8) is 0 Å². The van der Waals surface area contributed by atoms with E-state index < -0.39 is 11.8 Å². The molecule has 0 spiro atoms. The van der Waals surface area contributed by atoms with Crippen LogP contribution in [0.1, 0.15) is 34.6 Å². The number of furan rings is 2. The van der Waals surface area contributed by atoms with Crippen molar-refractivity contribution >= 4 is 43.9 Å². The summed E-state index contributed by atoms with van der Waals surface area (Å²) in [4.78, 5) is 0. The Kier molecular flexibility index (Phi) is 4.74. The van der Waals surface area contributed by atoms with E-state index in [1.165, 1.54) is 0 Å². The molecule has 0 aliphatic heterocycles. The van der Waals surface area contributed by atoms with Crippen LogP contribution in [0.2, 0.25) is 0 Å². The van der Waals surface area contributed by atoms with Crippen molar-refractivity contribution in [1.82, 2.24) is 0 Å². The average molecular weight is 513 g/mol. The molecular weight excluding hydrogens is 478 g/mol. The Labute approximate surface area is 231 Å². The number of aryl methyl sites for hydroxylation is 2. The molecule has 39 heavy (non-hydrogen) atoms. The van der Waals surface area contributed by atoms with Gasteiger partial charge in [-0.05, 0) is 53.1 Å². The Morgan fingerprint density at radius 3 is 2.26 bits per heavy atom. The number of para-hydroxylation sites is 1. The summed E-state index contributed by atoms with van der Waals surface area (Å²) in [5.74, 6) is 0. The highest BCUT2D eigenvalue weighted by Crippen LogP contribution is 2.41. The number of hydrogen-bond acceptors (Lipinski definition) is 2. The fraction of sp³-hybridized carbons (Fsp3) is 0.194. The van der Waals surface area contributed by atoms with Gasteiger partial charge in [-0.2, -0.15) is 0 Å². The number of benzene rings is 4. The molecule has 192 valence electrons. The van der Waals surface area contributed by atoms with Gasteiger partial charge in [0.2, 0.25) is 5.69 Å². The van der Waals surface area contributed by atoms with Crippen molar-refractivity contribution in [3.05, 3.63) is 102 Å². The van der Waals surface area contributed by atoms with E-state index in [0.29, 0.717) is 5.56 Å². The fourth-order valence-corrected chi connectivity index (χ4v) is 5.65. The first-order valence-electron chi connectivity index (χ1n) is 14.4. The monoisotopic (exact) mass is 512 g/mol. The van der Waals surface area contributed by atoms with Gasteiger partial charge in [0.1, 0.15) is 29.4 Å². The highest BCUT2D eigenvalue weighted by molar-refractivity contribution is 6.16. The van der Waals surface area contributed by atoms with Gasteiger partial charge in [-0.15, -0.1) is 0 Å². The molecule has 0 radical (unpaired) electrons. The predicted molar refractivity (Wildman–Crippen MR) is 161 cm³/mol. The summed E-state index contributed by atoms with van der Waals surface area (Å²) in [6.07, 6.45) is 0.647. The van der Waals surface area contributed by atoms with Gasteiger partial charge in [-0.3, -0.25) is 0 Å². The molecule has 4 aromatic carbocycles. The van der Waals surface area contributed by atoms with E-state index in [-0.39, 0.29) is 0 Å². The van der Waals surface area contributed by atoms with Crippen LogP contribution in [-0.2, 0) is 13.4 Å².